The minimum Gasteiger partial charge on any atom is -0.396 e. The third-order valence-electron chi connectivity index (χ3n) is 6.39. The average Bonchev–Trinajstić information content (AvgIpc) is 3.33. The molecule has 1 aromatic carbocycles. The molecule has 4 rings (SSSR count). The summed E-state index contributed by atoms with van der Waals surface area (Å²) in [6.07, 6.45) is -3.11. The number of piperidine rings is 1. The van der Waals surface area contributed by atoms with Crippen LogP contribution < -0.4 is 5.32 Å². The van der Waals surface area contributed by atoms with Crippen molar-refractivity contribution in [2.45, 2.75) is 30.9 Å². The second-order valence-electron chi connectivity index (χ2n) is 8.75. The summed E-state index contributed by atoms with van der Waals surface area (Å²) in [6, 6.07) is 7.06. The van der Waals surface area contributed by atoms with Gasteiger partial charge in [0.15, 0.2) is 0 Å². The van der Waals surface area contributed by atoms with Gasteiger partial charge in [-0.25, -0.2) is 4.79 Å². The van der Waals surface area contributed by atoms with Crippen LogP contribution in [0.5, 0.6) is 0 Å². The highest BCUT2D eigenvalue weighted by Crippen LogP contribution is 2.37. The Balaban J connectivity index is 1.54. The highest BCUT2D eigenvalue weighted by atomic mass is 19.4. The largest absolute Gasteiger partial charge is 0.416 e. The van der Waals surface area contributed by atoms with Crippen LogP contribution in [0.25, 0.3) is 0 Å². The molecule has 0 radical (unpaired) electrons. The van der Waals surface area contributed by atoms with Crippen molar-refractivity contribution in [1.82, 2.24) is 20.0 Å². The number of halogens is 3. The third-order valence-corrected chi connectivity index (χ3v) is 6.39. The van der Waals surface area contributed by atoms with Gasteiger partial charge in [-0.2, -0.15) is 18.3 Å². The Bertz CT molecular complexity index is 944. The molecule has 2 fully saturated rings. The lowest BCUT2D eigenvalue weighted by molar-refractivity contribution is -0.137. The maximum Gasteiger partial charge on any atom is 0.416 e. The topological polar surface area (TPSA) is 93.7 Å². The second kappa shape index (κ2) is 10.6. The van der Waals surface area contributed by atoms with Gasteiger partial charge in [-0.15, -0.1) is 0 Å². The fraction of sp³-hybridized carbons (Fsp3) is 0.565. The second-order valence-corrected chi connectivity index (χ2v) is 8.75. The van der Waals surface area contributed by atoms with Gasteiger partial charge in [0.2, 0.25) is 0 Å². The van der Waals surface area contributed by atoms with Crippen molar-refractivity contribution in [2.24, 2.45) is 0 Å². The number of carbonyl (C=O) groups excluding carboxylic acids is 1. The fourth-order valence-corrected chi connectivity index (χ4v) is 4.55. The number of amides is 2. The minimum atomic E-state index is -4.39. The normalized spacial score (nSPS) is 21.5. The summed E-state index contributed by atoms with van der Waals surface area (Å²) in [4.78, 5) is 16.8. The number of urea groups is 1. The number of anilines is 1. The lowest BCUT2D eigenvalue weighted by atomic mass is 9.83. The van der Waals surface area contributed by atoms with Crippen LogP contribution in [0, 0.1) is 0 Å². The van der Waals surface area contributed by atoms with E-state index in [0.29, 0.717) is 64.6 Å². The number of nitrogens with zero attached hydrogens (tertiary/aromatic N) is 3. The van der Waals surface area contributed by atoms with Crippen molar-refractivity contribution >= 4 is 11.8 Å². The van der Waals surface area contributed by atoms with Gasteiger partial charge in [0.1, 0.15) is 5.82 Å². The monoisotopic (exact) mass is 481 g/mol. The SMILES string of the molecule is O=C(N1CCOCC1)N1CC(c2ccc(C(F)(F)F)cc2)CC(c2cc(NCCCO)n[nH]2)C1. The van der Waals surface area contributed by atoms with E-state index in [1.807, 2.05) is 6.07 Å². The maximum atomic E-state index is 13.3. The lowest BCUT2D eigenvalue weighted by Crippen LogP contribution is -2.52. The summed E-state index contributed by atoms with van der Waals surface area (Å²) in [5, 5.41) is 19.4. The summed E-state index contributed by atoms with van der Waals surface area (Å²) in [7, 11) is 0. The minimum absolute atomic E-state index is 0.0491. The highest BCUT2D eigenvalue weighted by molar-refractivity contribution is 5.75. The number of rotatable bonds is 6. The van der Waals surface area contributed by atoms with E-state index >= 15 is 0 Å². The molecule has 2 atom stereocenters. The first-order valence-corrected chi connectivity index (χ1v) is 11.5. The van der Waals surface area contributed by atoms with Crippen LogP contribution >= 0.6 is 0 Å². The molecule has 0 saturated carbocycles. The van der Waals surface area contributed by atoms with Gasteiger partial charge in [-0.3, -0.25) is 5.10 Å². The number of aromatic amines is 1. The number of aliphatic hydroxyl groups is 1. The molecule has 2 aliphatic heterocycles. The van der Waals surface area contributed by atoms with Gasteiger partial charge in [0.05, 0.1) is 18.8 Å². The maximum absolute atomic E-state index is 13.3. The zero-order valence-corrected chi connectivity index (χ0v) is 18.9. The molecule has 34 heavy (non-hydrogen) atoms. The molecule has 8 nitrogen and oxygen atoms in total. The number of carbonyl (C=O) groups is 1. The summed E-state index contributed by atoms with van der Waals surface area (Å²) >= 11 is 0. The number of aliphatic hydroxyl groups excluding tert-OH is 1. The molecule has 0 aliphatic carbocycles. The Morgan fingerprint density at radius 3 is 2.53 bits per heavy atom. The van der Waals surface area contributed by atoms with Crippen molar-refractivity contribution < 1.29 is 27.8 Å². The zero-order chi connectivity index (χ0) is 24.1. The van der Waals surface area contributed by atoms with Crippen molar-refractivity contribution in [2.75, 3.05) is 57.9 Å². The van der Waals surface area contributed by atoms with Crippen molar-refractivity contribution in [3.05, 3.63) is 47.2 Å². The molecule has 0 bridgehead atoms. The molecular weight excluding hydrogens is 451 g/mol. The first-order valence-electron chi connectivity index (χ1n) is 11.5. The number of H-pyrrole nitrogens is 1. The van der Waals surface area contributed by atoms with Crippen LogP contribution in [-0.2, 0) is 10.9 Å². The van der Waals surface area contributed by atoms with E-state index in [-0.39, 0.29) is 24.5 Å². The molecule has 1 aromatic heterocycles. The molecule has 3 heterocycles. The number of aromatic nitrogens is 2. The van der Waals surface area contributed by atoms with Crippen LogP contribution in [0.15, 0.2) is 30.3 Å². The van der Waals surface area contributed by atoms with Gasteiger partial charge < -0.3 is 25.0 Å². The number of likely N-dealkylation sites (tertiary alicyclic amines) is 1. The summed E-state index contributed by atoms with van der Waals surface area (Å²) in [6.45, 7) is 3.63. The molecule has 2 amide bonds. The third kappa shape index (κ3) is 5.82. The van der Waals surface area contributed by atoms with Gasteiger partial charge in [-0.1, -0.05) is 12.1 Å². The van der Waals surface area contributed by atoms with Gasteiger partial charge in [0.25, 0.3) is 0 Å². The van der Waals surface area contributed by atoms with E-state index in [1.165, 1.54) is 12.1 Å². The molecule has 0 spiro atoms. The molecule has 2 aliphatic rings. The Morgan fingerprint density at radius 2 is 1.85 bits per heavy atom. The van der Waals surface area contributed by atoms with E-state index < -0.39 is 11.7 Å². The quantitative estimate of drug-likeness (QED) is 0.551. The number of hydrogen-bond donors (Lipinski definition) is 3. The predicted molar refractivity (Wildman–Crippen MR) is 120 cm³/mol. The Kier molecular flexibility index (Phi) is 7.62. The first kappa shape index (κ1) is 24.3. The lowest BCUT2D eigenvalue weighted by Gasteiger charge is -2.41. The van der Waals surface area contributed by atoms with E-state index in [9.17, 15) is 18.0 Å². The number of hydrogen-bond acceptors (Lipinski definition) is 5. The van der Waals surface area contributed by atoms with Gasteiger partial charge in [0, 0.05) is 62.9 Å². The molecule has 2 unspecified atom stereocenters. The molecule has 11 heteroatoms. The smallest absolute Gasteiger partial charge is 0.396 e. The summed E-state index contributed by atoms with van der Waals surface area (Å²) in [5.41, 5.74) is 0.957. The Hall–Kier alpha value is -2.79. The molecule has 2 saturated heterocycles. The average molecular weight is 482 g/mol. The fourth-order valence-electron chi connectivity index (χ4n) is 4.55. The molecular formula is C23H30F3N5O3. The zero-order valence-electron chi connectivity index (χ0n) is 18.9. The number of ether oxygens (including phenoxy) is 1. The Morgan fingerprint density at radius 1 is 1.15 bits per heavy atom. The van der Waals surface area contributed by atoms with E-state index in [0.717, 1.165) is 23.4 Å². The predicted octanol–water partition coefficient (Wildman–Crippen LogP) is 3.25. The van der Waals surface area contributed by atoms with E-state index in [2.05, 4.69) is 15.5 Å². The first-order chi connectivity index (χ1) is 16.3. The summed E-state index contributed by atoms with van der Waals surface area (Å²) < 4.78 is 44.5. The van der Waals surface area contributed by atoms with Crippen LogP contribution in [0.3, 0.4) is 0 Å². The molecule has 2 aromatic rings. The van der Waals surface area contributed by atoms with Gasteiger partial charge >= 0.3 is 12.2 Å². The number of morpholine rings is 1. The summed E-state index contributed by atoms with van der Waals surface area (Å²) in [5.74, 6) is 0.498. The van der Waals surface area contributed by atoms with E-state index in [4.69, 9.17) is 9.84 Å². The molecule has 186 valence electrons. The van der Waals surface area contributed by atoms with Crippen molar-refractivity contribution in [1.29, 1.82) is 0 Å². The number of nitrogens with one attached hydrogen (secondary N) is 2. The van der Waals surface area contributed by atoms with Gasteiger partial charge in [-0.05, 0) is 30.5 Å². The van der Waals surface area contributed by atoms with Crippen LogP contribution in [0.4, 0.5) is 23.8 Å². The van der Waals surface area contributed by atoms with E-state index in [1.54, 1.807) is 9.80 Å². The number of alkyl halides is 3. The van der Waals surface area contributed by atoms with Crippen molar-refractivity contribution in [3.8, 4) is 0 Å². The van der Waals surface area contributed by atoms with Crippen LogP contribution in [0.2, 0.25) is 0 Å². The molecule has 3 N–H and O–H groups in total. The Labute approximate surface area is 196 Å². The number of benzene rings is 1. The van der Waals surface area contributed by atoms with Crippen molar-refractivity contribution in [3.63, 3.8) is 0 Å². The van der Waals surface area contributed by atoms with Crippen LogP contribution in [0.1, 0.15) is 41.5 Å². The highest BCUT2D eigenvalue weighted by Gasteiger charge is 2.36. The van der Waals surface area contributed by atoms with Crippen LogP contribution in [-0.4, -0.2) is 83.7 Å². The standard InChI is InChI=1S/C23H30F3N5O3/c24-23(25,26)19-4-2-16(3-5-19)17-12-18(20-13-21(29-28-20)27-6-1-9-32)15-31(14-17)22(33)30-7-10-34-11-8-30/h2-5,13,17-18,32H,1,6-12,14-15H2,(H2,27,28,29).